The molecule has 3 nitrogen and oxygen atoms in total. The average molecular weight is 266 g/mol. The van der Waals surface area contributed by atoms with Gasteiger partial charge in [0.1, 0.15) is 5.82 Å². The number of pyridine rings is 1. The highest BCUT2D eigenvalue weighted by atomic mass is 79.9. The maximum atomic E-state index is 11.0. The molecule has 1 aromatic rings. The molecule has 0 radical (unpaired) electrons. The molecule has 1 heterocycles. The van der Waals surface area contributed by atoms with Crippen LogP contribution in [0.3, 0.4) is 0 Å². The van der Waals surface area contributed by atoms with Crippen LogP contribution in [0, 0.1) is 0 Å². The van der Waals surface area contributed by atoms with Crippen molar-refractivity contribution < 1.29 is 4.79 Å². The Balaban J connectivity index is 0.00000144. The van der Waals surface area contributed by atoms with E-state index in [0.717, 1.165) is 0 Å². The molecule has 1 rings (SSSR count). The van der Waals surface area contributed by atoms with Crippen molar-refractivity contribution in [3.8, 4) is 0 Å². The smallest absolute Gasteiger partial charge is 0.165 e. The summed E-state index contributed by atoms with van der Waals surface area (Å²) in [7, 11) is 0. The number of carbonyl (C=O) groups excluding carboxylic acids is 1. The van der Waals surface area contributed by atoms with Crippen LogP contribution >= 0.6 is 27.5 Å². The van der Waals surface area contributed by atoms with Gasteiger partial charge in [0, 0.05) is 6.20 Å². The minimum atomic E-state index is -0.189. The van der Waals surface area contributed by atoms with E-state index >= 15 is 0 Å². The molecular weight excluding hydrogens is 255 g/mol. The number of aromatic nitrogens is 1. The van der Waals surface area contributed by atoms with Gasteiger partial charge in [-0.15, -0.1) is 0 Å². The lowest BCUT2D eigenvalue weighted by molar-refractivity contribution is 0.101. The van der Waals surface area contributed by atoms with Gasteiger partial charge in [-0.1, -0.05) is 19.0 Å². The van der Waals surface area contributed by atoms with Crippen LogP contribution in [0.25, 0.3) is 0 Å². The number of rotatable bonds is 1. The van der Waals surface area contributed by atoms with Crippen LogP contribution in [-0.4, -0.2) is 10.8 Å². The zero-order valence-corrected chi connectivity index (χ0v) is 8.61. The van der Waals surface area contributed by atoms with Gasteiger partial charge in [0.2, 0.25) is 0 Å². The summed E-state index contributed by atoms with van der Waals surface area (Å²) in [5, 5.41) is 0.315. The number of carbonyl (C=O) groups is 1. The second-order valence-corrected chi connectivity index (χ2v) is 3.47. The van der Waals surface area contributed by atoms with Crippen molar-refractivity contribution >= 4 is 39.1 Å². The van der Waals surface area contributed by atoms with Gasteiger partial charge in [-0.3, -0.25) is 4.79 Å². The van der Waals surface area contributed by atoms with Crippen LogP contribution in [0.1, 0.15) is 24.7 Å². The molecule has 0 aliphatic rings. The molecule has 0 fully saturated rings. The fourth-order valence-corrected chi connectivity index (χ4v) is 1.39. The fourth-order valence-electron chi connectivity index (χ4n) is 0.814. The maximum Gasteiger partial charge on any atom is 0.165 e. The number of hydrogen-bond acceptors (Lipinski definition) is 3. The molecule has 2 N–H and O–H groups in total. The van der Waals surface area contributed by atoms with Crippen LogP contribution in [0.2, 0.25) is 5.02 Å². The van der Waals surface area contributed by atoms with E-state index in [4.69, 9.17) is 17.3 Å². The molecule has 0 amide bonds. The van der Waals surface area contributed by atoms with Crippen molar-refractivity contribution in [3.63, 3.8) is 0 Å². The lowest BCUT2D eigenvalue weighted by Gasteiger charge is -2.03. The van der Waals surface area contributed by atoms with Crippen molar-refractivity contribution in [2.75, 3.05) is 5.73 Å². The van der Waals surface area contributed by atoms with Gasteiger partial charge >= 0.3 is 0 Å². The van der Waals surface area contributed by atoms with Crippen LogP contribution in [0.4, 0.5) is 5.82 Å². The fraction of sp³-hybridized carbons (Fsp3) is 0.250. The summed E-state index contributed by atoms with van der Waals surface area (Å²) in [4.78, 5) is 14.8. The third-order valence-corrected chi connectivity index (χ3v) is 2.58. The van der Waals surface area contributed by atoms with Gasteiger partial charge in [-0.2, -0.15) is 0 Å². The quantitative estimate of drug-likeness (QED) is 0.794. The Bertz CT molecular complexity index is 341. The SMILES string of the molecule is C.CC(=O)c1c(N)ncc(Br)c1Cl. The van der Waals surface area contributed by atoms with Gasteiger partial charge in [0.15, 0.2) is 5.78 Å². The van der Waals surface area contributed by atoms with E-state index in [2.05, 4.69) is 20.9 Å². The van der Waals surface area contributed by atoms with Gasteiger partial charge in [-0.25, -0.2) is 4.98 Å². The van der Waals surface area contributed by atoms with Gasteiger partial charge in [0.05, 0.1) is 15.1 Å². The molecule has 0 saturated carbocycles. The van der Waals surface area contributed by atoms with E-state index in [1.54, 1.807) is 0 Å². The topological polar surface area (TPSA) is 56.0 Å². The molecule has 0 saturated heterocycles. The minimum absolute atomic E-state index is 0. The summed E-state index contributed by atoms with van der Waals surface area (Å²) in [6.45, 7) is 1.39. The number of nitrogen functional groups attached to an aromatic ring is 1. The second-order valence-electron chi connectivity index (χ2n) is 2.24. The lowest BCUT2D eigenvalue weighted by atomic mass is 10.2. The first kappa shape index (κ1) is 12.4. The monoisotopic (exact) mass is 264 g/mol. The first-order valence-electron chi connectivity index (χ1n) is 3.14. The number of Topliss-reactive ketones (excluding diaryl/α,β-unsaturated/α-hetero) is 1. The molecular formula is C8H10BrClN2O. The Kier molecular flexibility index (Phi) is 4.36. The number of halogens is 2. The summed E-state index contributed by atoms with van der Waals surface area (Å²) in [5.74, 6) is -0.0259. The Labute approximate surface area is 90.4 Å². The Morgan fingerprint density at radius 3 is 2.62 bits per heavy atom. The van der Waals surface area contributed by atoms with E-state index in [1.807, 2.05) is 0 Å². The number of nitrogens with zero attached hydrogens (tertiary/aromatic N) is 1. The highest BCUT2D eigenvalue weighted by Gasteiger charge is 2.13. The molecule has 0 atom stereocenters. The third-order valence-electron chi connectivity index (χ3n) is 1.35. The zero-order valence-electron chi connectivity index (χ0n) is 6.27. The summed E-state index contributed by atoms with van der Waals surface area (Å²) in [6, 6.07) is 0. The second kappa shape index (κ2) is 4.58. The van der Waals surface area contributed by atoms with Crippen LogP contribution in [-0.2, 0) is 0 Å². The lowest BCUT2D eigenvalue weighted by Crippen LogP contribution is -2.03. The normalized spacial score (nSPS) is 9.15. The number of ketones is 1. The third kappa shape index (κ3) is 2.42. The first-order chi connectivity index (χ1) is 5.54. The highest BCUT2D eigenvalue weighted by Crippen LogP contribution is 2.28. The first-order valence-corrected chi connectivity index (χ1v) is 4.31. The molecule has 13 heavy (non-hydrogen) atoms. The molecule has 0 bridgehead atoms. The maximum absolute atomic E-state index is 11.0. The summed E-state index contributed by atoms with van der Waals surface area (Å²) in [5.41, 5.74) is 5.72. The standard InChI is InChI=1S/C7H6BrClN2O.CH4/c1-3(12)5-6(9)4(8)2-11-7(5)10;/h2H,1H3,(H2,10,11);1H4. The molecule has 0 aliphatic carbocycles. The van der Waals surface area contributed by atoms with E-state index in [-0.39, 0.29) is 24.6 Å². The van der Waals surface area contributed by atoms with Crippen LogP contribution < -0.4 is 5.73 Å². The molecule has 0 unspecified atom stereocenters. The zero-order chi connectivity index (χ0) is 9.30. The van der Waals surface area contributed by atoms with Gasteiger partial charge in [-0.05, 0) is 22.9 Å². The molecule has 5 heteroatoms. The molecule has 1 aromatic heterocycles. The number of anilines is 1. The van der Waals surface area contributed by atoms with Gasteiger partial charge in [0.25, 0.3) is 0 Å². The highest BCUT2D eigenvalue weighted by molar-refractivity contribution is 9.10. The molecule has 72 valence electrons. The minimum Gasteiger partial charge on any atom is -0.383 e. The summed E-state index contributed by atoms with van der Waals surface area (Å²) < 4.78 is 0.573. The Morgan fingerprint density at radius 1 is 1.69 bits per heavy atom. The predicted molar refractivity (Wildman–Crippen MR) is 58.1 cm³/mol. The van der Waals surface area contributed by atoms with Gasteiger partial charge < -0.3 is 5.73 Å². The average Bonchev–Trinajstić information content (AvgIpc) is 1.97. The van der Waals surface area contributed by atoms with Crippen molar-refractivity contribution in [2.45, 2.75) is 14.4 Å². The van der Waals surface area contributed by atoms with E-state index in [1.165, 1.54) is 13.1 Å². The van der Waals surface area contributed by atoms with Crippen molar-refractivity contribution in [3.05, 3.63) is 21.3 Å². The predicted octanol–water partition coefficient (Wildman–Crippen LogP) is 2.92. The van der Waals surface area contributed by atoms with Crippen molar-refractivity contribution in [1.82, 2.24) is 4.98 Å². The van der Waals surface area contributed by atoms with Crippen molar-refractivity contribution in [2.24, 2.45) is 0 Å². The number of nitrogens with two attached hydrogens (primary N) is 1. The van der Waals surface area contributed by atoms with Crippen LogP contribution in [0.15, 0.2) is 10.7 Å². The van der Waals surface area contributed by atoms with Crippen LogP contribution in [0.5, 0.6) is 0 Å². The Hall–Kier alpha value is -0.610. The molecule has 0 aromatic carbocycles. The number of hydrogen-bond donors (Lipinski definition) is 1. The van der Waals surface area contributed by atoms with Crippen molar-refractivity contribution in [1.29, 1.82) is 0 Å². The van der Waals surface area contributed by atoms with E-state index in [9.17, 15) is 4.79 Å². The molecule has 0 spiro atoms. The van der Waals surface area contributed by atoms with E-state index in [0.29, 0.717) is 9.50 Å². The molecule has 0 aliphatic heterocycles. The largest absolute Gasteiger partial charge is 0.383 e. The summed E-state index contributed by atoms with van der Waals surface area (Å²) >= 11 is 8.95. The van der Waals surface area contributed by atoms with E-state index < -0.39 is 0 Å². The summed E-state index contributed by atoms with van der Waals surface area (Å²) in [6.07, 6.45) is 1.46. The Morgan fingerprint density at radius 2 is 2.23 bits per heavy atom.